The summed E-state index contributed by atoms with van der Waals surface area (Å²) in [5, 5.41) is 23.6. The van der Waals surface area contributed by atoms with E-state index in [1.54, 1.807) is 11.7 Å². The van der Waals surface area contributed by atoms with Crippen LogP contribution in [0.5, 0.6) is 0 Å². The highest BCUT2D eigenvalue weighted by Gasteiger charge is 2.46. The maximum absolute atomic E-state index is 10.2. The number of nitrogens with zero attached hydrogens (tertiary/aromatic N) is 6. The van der Waals surface area contributed by atoms with E-state index in [1.807, 2.05) is 12.1 Å². The number of H-pyrrole nitrogens is 1. The Hall–Kier alpha value is -2.46. The molecule has 1 aromatic carbocycles. The first-order valence-corrected chi connectivity index (χ1v) is 11.8. The Bertz CT molecular complexity index is 1410. The van der Waals surface area contributed by atoms with Gasteiger partial charge >= 0.3 is 0 Å². The number of aromatic nitrogens is 6. The molecule has 4 aromatic rings. The molecular formula is C22H24Cl2N8O. The molecule has 7 rings (SSSR count). The number of fused-ring (bicyclic) bond motifs is 5. The van der Waals surface area contributed by atoms with E-state index in [9.17, 15) is 5.11 Å². The Labute approximate surface area is 199 Å². The number of hydrogen-bond donors (Lipinski definition) is 3. The van der Waals surface area contributed by atoms with Crippen molar-refractivity contribution in [3.8, 4) is 11.3 Å². The number of piperidine rings is 2. The van der Waals surface area contributed by atoms with E-state index in [-0.39, 0.29) is 18.2 Å². The SMILES string of the molecule is Cn1nc2ccc(-c3[nH]nc4nc(N5CC6CC[C@@H]5C[C@]6(C)N)c(CO)nc34)c(Cl)c2c1Cl. The monoisotopic (exact) mass is 486 g/mol. The fraction of sp³-hybridized carbons (Fsp3) is 0.455. The summed E-state index contributed by atoms with van der Waals surface area (Å²) in [7, 11) is 1.77. The predicted molar refractivity (Wildman–Crippen MR) is 128 cm³/mol. The number of aliphatic hydroxyl groups is 1. The van der Waals surface area contributed by atoms with Crippen LogP contribution in [0.2, 0.25) is 10.2 Å². The highest BCUT2D eigenvalue weighted by molar-refractivity contribution is 6.43. The first-order chi connectivity index (χ1) is 15.8. The maximum Gasteiger partial charge on any atom is 0.202 e. The van der Waals surface area contributed by atoms with Gasteiger partial charge in [0.15, 0.2) is 5.82 Å². The first-order valence-electron chi connectivity index (χ1n) is 11.0. The van der Waals surface area contributed by atoms with Gasteiger partial charge in [-0.2, -0.15) is 10.2 Å². The molecule has 0 spiro atoms. The van der Waals surface area contributed by atoms with Gasteiger partial charge in [-0.15, -0.1) is 0 Å². The van der Waals surface area contributed by atoms with Crippen LogP contribution in [0.1, 0.15) is 31.9 Å². The number of benzene rings is 1. The summed E-state index contributed by atoms with van der Waals surface area (Å²) < 4.78 is 1.58. The third-order valence-electron chi connectivity index (χ3n) is 7.31. The zero-order valence-corrected chi connectivity index (χ0v) is 19.8. The van der Waals surface area contributed by atoms with Crippen LogP contribution in [0, 0.1) is 5.92 Å². The van der Waals surface area contributed by atoms with Gasteiger partial charge in [0.2, 0.25) is 5.65 Å². The minimum atomic E-state index is -0.224. The zero-order chi connectivity index (χ0) is 23.1. The van der Waals surface area contributed by atoms with Gasteiger partial charge in [0.1, 0.15) is 16.4 Å². The van der Waals surface area contributed by atoms with Gasteiger partial charge in [-0.1, -0.05) is 23.2 Å². The first kappa shape index (κ1) is 21.1. The lowest BCUT2D eigenvalue weighted by atomic mass is 9.68. The second kappa shape index (κ2) is 7.27. The number of nitrogens with two attached hydrogens (primary N) is 1. The van der Waals surface area contributed by atoms with Crippen LogP contribution < -0.4 is 10.6 Å². The lowest BCUT2D eigenvalue weighted by Crippen LogP contribution is -2.63. The van der Waals surface area contributed by atoms with E-state index >= 15 is 0 Å². The lowest BCUT2D eigenvalue weighted by molar-refractivity contribution is 0.139. The second-order valence-electron chi connectivity index (χ2n) is 9.45. The average molecular weight is 487 g/mol. The van der Waals surface area contributed by atoms with Crippen LogP contribution in [-0.2, 0) is 13.7 Å². The van der Waals surface area contributed by atoms with Gasteiger partial charge in [0, 0.05) is 30.7 Å². The van der Waals surface area contributed by atoms with Crippen molar-refractivity contribution >= 4 is 51.1 Å². The number of anilines is 1. The fourth-order valence-electron chi connectivity index (χ4n) is 5.50. The molecule has 1 saturated carbocycles. The van der Waals surface area contributed by atoms with Crippen molar-refractivity contribution in [2.45, 2.75) is 44.4 Å². The van der Waals surface area contributed by atoms with Crippen molar-refractivity contribution in [2.24, 2.45) is 18.7 Å². The molecular weight excluding hydrogens is 463 g/mol. The van der Waals surface area contributed by atoms with Crippen molar-refractivity contribution in [1.29, 1.82) is 0 Å². The number of rotatable bonds is 3. The summed E-state index contributed by atoms with van der Waals surface area (Å²) in [4.78, 5) is 11.9. The fourth-order valence-corrected chi connectivity index (χ4v) is 6.12. The van der Waals surface area contributed by atoms with E-state index in [2.05, 4.69) is 27.1 Å². The average Bonchev–Trinajstić information content (AvgIpc) is 3.33. The van der Waals surface area contributed by atoms with Gasteiger partial charge in [0.05, 0.1) is 28.2 Å². The molecule has 2 aliphatic heterocycles. The molecule has 33 heavy (non-hydrogen) atoms. The molecule has 1 unspecified atom stereocenters. The third kappa shape index (κ3) is 3.06. The zero-order valence-electron chi connectivity index (χ0n) is 18.3. The largest absolute Gasteiger partial charge is 0.390 e. The van der Waals surface area contributed by atoms with Crippen molar-refractivity contribution < 1.29 is 5.11 Å². The van der Waals surface area contributed by atoms with E-state index in [1.165, 1.54) is 0 Å². The number of nitrogens with one attached hydrogen (secondary N) is 1. The molecule has 2 bridgehead atoms. The molecule has 3 aromatic heterocycles. The minimum Gasteiger partial charge on any atom is -0.390 e. The molecule has 0 radical (unpaired) electrons. The van der Waals surface area contributed by atoms with Gasteiger partial charge in [-0.05, 0) is 44.2 Å². The van der Waals surface area contributed by atoms with Gasteiger partial charge in [0.25, 0.3) is 0 Å². The van der Waals surface area contributed by atoms with Crippen molar-refractivity contribution in [3.05, 3.63) is 28.0 Å². The topological polar surface area (TPSA) is 122 Å². The Morgan fingerprint density at radius 1 is 1.27 bits per heavy atom. The minimum absolute atomic E-state index is 0.168. The molecule has 9 nitrogen and oxygen atoms in total. The van der Waals surface area contributed by atoms with E-state index < -0.39 is 0 Å². The standard InChI is InChI=1S/C22H24Cl2N8O/c1-22(25)7-11-4-3-10(22)8-32(11)21-14(9-33)26-18-17(28-29-20(18)27-21)12-5-6-13-15(16(12)23)19(24)31(2)30-13/h5-6,10-11,33H,3-4,7-9,25H2,1-2H3,(H,27,28,29)/t10?,11-,22+/m1/s1. The number of aliphatic hydroxyl groups excluding tert-OH is 1. The summed E-state index contributed by atoms with van der Waals surface area (Å²) in [5.74, 6) is 1.07. The van der Waals surface area contributed by atoms with E-state index in [0.29, 0.717) is 60.9 Å². The molecule has 1 aliphatic carbocycles. The summed E-state index contributed by atoms with van der Waals surface area (Å²) in [6.07, 6.45) is 3.08. The molecule has 2 saturated heterocycles. The predicted octanol–water partition coefficient (Wildman–Crippen LogP) is 3.41. The number of aromatic amines is 1. The molecule has 4 N–H and O–H groups in total. The summed E-state index contributed by atoms with van der Waals surface area (Å²) in [5.41, 5.74) is 9.95. The van der Waals surface area contributed by atoms with Crippen LogP contribution in [-0.4, -0.2) is 53.2 Å². The van der Waals surface area contributed by atoms with Gasteiger partial charge in [-0.25, -0.2) is 9.97 Å². The second-order valence-corrected chi connectivity index (χ2v) is 10.2. The molecule has 3 atom stereocenters. The molecule has 3 fully saturated rings. The third-order valence-corrected chi connectivity index (χ3v) is 8.14. The molecule has 5 heterocycles. The van der Waals surface area contributed by atoms with Gasteiger partial charge in [-0.3, -0.25) is 9.78 Å². The molecule has 11 heteroatoms. The Morgan fingerprint density at radius 2 is 2.09 bits per heavy atom. The summed E-state index contributed by atoms with van der Waals surface area (Å²) in [6, 6.07) is 4.00. The number of halogens is 2. The highest BCUT2D eigenvalue weighted by atomic mass is 35.5. The maximum atomic E-state index is 10.2. The molecule has 172 valence electrons. The van der Waals surface area contributed by atoms with Crippen LogP contribution in [0.15, 0.2) is 12.1 Å². The van der Waals surface area contributed by atoms with Crippen molar-refractivity contribution in [3.63, 3.8) is 0 Å². The van der Waals surface area contributed by atoms with Crippen LogP contribution in [0.3, 0.4) is 0 Å². The van der Waals surface area contributed by atoms with E-state index in [0.717, 1.165) is 25.8 Å². The smallest absolute Gasteiger partial charge is 0.202 e. The Kier molecular flexibility index (Phi) is 4.65. The Balaban J connectivity index is 1.47. The lowest BCUT2D eigenvalue weighted by Gasteiger charge is -2.54. The quantitative estimate of drug-likeness (QED) is 0.405. The normalized spacial score (nSPS) is 25.0. The van der Waals surface area contributed by atoms with Crippen LogP contribution >= 0.6 is 23.2 Å². The van der Waals surface area contributed by atoms with Gasteiger partial charge < -0.3 is 15.7 Å². The van der Waals surface area contributed by atoms with Crippen LogP contribution in [0.25, 0.3) is 33.3 Å². The highest BCUT2D eigenvalue weighted by Crippen LogP contribution is 2.43. The Morgan fingerprint density at radius 3 is 2.79 bits per heavy atom. The molecule has 3 aliphatic rings. The van der Waals surface area contributed by atoms with Crippen molar-refractivity contribution in [2.75, 3.05) is 11.4 Å². The summed E-state index contributed by atoms with van der Waals surface area (Å²) in [6.45, 7) is 2.72. The van der Waals surface area contributed by atoms with Crippen LogP contribution in [0.4, 0.5) is 5.82 Å². The molecule has 0 amide bonds. The summed E-state index contributed by atoms with van der Waals surface area (Å²) >= 11 is 13.2. The number of aryl methyl sites for hydroxylation is 1. The van der Waals surface area contributed by atoms with Crippen molar-refractivity contribution in [1.82, 2.24) is 29.9 Å². The van der Waals surface area contributed by atoms with E-state index in [4.69, 9.17) is 38.9 Å². The number of hydrogen-bond acceptors (Lipinski definition) is 7.